The standard InChI is InChI=1S/C32H23F5N2O3S/c33-25-7-2-1-4-20(25)17-26-29(40)39-28(19-10-14-23(15-11-19)42-31(36)37)24-6-3-5-21(27(24)38-32(39)43-26)16-18-8-12-22(13-9-18)41-30(34)35/h1-2,4,7-17,28,30-31H,3,5-6H2/b21-16+,26-17+/t28-/m0/s1. The highest BCUT2D eigenvalue weighted by Crippen LogP contribution is 2.41. The Bertz CT molecular complexity index is 1890. The minimum atomic E-state index is -2.97. The molecule has 1 aliphatic heterocycles. The molecule has 0 bridgehead atoms. The maximum atomic E-state index is 14.5. The Kier molecular flexibility index (Phi) is 7.98. The molecule has 4 aromatic rings. The molecule has 0 spiro atoms. The van der Waals surface area contributed by atoms with Crippen molar-refractivity contribution in [1.82, 2.24) is 4.57 Å². The molecular weight excluding hydrogens is 587 g/mol. The van der Waals surface area contributed by atoms with Crippen LogP contribution >= 0.6 is 11.3 Å². The van der Waals surface area contributed by atoms with Crippen molar-refractivity contribution in [3.05, 3.63) is 132 Å². The van der Waals surface area contributed by atoms with E-state index in [9.17, 15) is 26.7 Å². The van der Waals surface area contributed by atoms with Gasteiger partial charge in [-0.15, -0.1) is 0 Å². The average Bonchev–Trinajstić information content (AvgIpc) is 3.28. The van der Waals surface area contributed by atoms with Crippen LogP contribution in [0.25, 0.3) is 12.2 Å². The molecular formula is C32H23F5N2O3S. The van der Waals surface area contributed by atoms with E-state index in [0.717, 1.165) is 34.5 Å². The van der Waals surface area contributed by atoms with Gasteiger partial charge in [0.25, 0.3) is 5.56 Å². The van der Waals surface area contributed by atoms with Gasteiger partial charge < -0.3 is 9.47 Å². The van der Waals surface area contributed by atoms with Crippen LogP contribution in [0.5, 0.6) is 11.5 Å². The van der Waals surface area contributed by atoms with Crippen molar-refractivity contribution >= 4 is 23.5 Å². The summed E-state index contributed by atoms with van der Waals surface area (Å²) in [7, 11) is 0. The number of benzene rings is 3. The van der Waals surface area contributed by atoms with Crippen LogP contribution in [-0.4, -0.2) is 17.8 Å². The quantitative estimate of drug-likeness (QED) is 0.216. The Labute approximate surface area is 246 Å². The number of thiazole rings is 1. The van der Waals surface area contributed by atoms with Crippen LogP contribution < -0.4 is 24.4 Å². The molecule has 1 aromatic heterocycles. The van der Waals surface area contributed by atoms with Crippen molar-refractivity contribution in [2.45, 2.75) is 38.5 Å². The van der Waals surface area contributed by atoms with Gasteiger partial charge in [0.15, 0.2) is 4.80 Å². The van der Waals surface area contributed by atoms with Gasteiger partial charge in [0.1, 0.15) is 17.3 Å². The lowest BCUT2D eigenvalue weighted by Crippen LogP contribution is -2.39. The molecule has 5 nitrogen and oxygen atoms in total. The summed E-state index contributed by atoms with van der Waals surface area (Å²) < 4.78 is 76.1. The summed E-state index contributed by atoms with van der Waals surface area (Å²) >= 11 is 1.14. The second-order valence-corrected chi connectivity index (χ2v) is 10.9. The number of aromatic nitrogens is 1. The maximum absolute atomic E-state index is 14.5. The van der Waals surface area contributed by atoms with Crippen LogP contribution in [0.1, 0.15) is 42.0 Å². The summed E-state index contributed by atoms with van der Waals surface area (Å²) in [5.41, 5.74) is 3.84. The van der Waals surface area contributed by atoms with Crippen molar-refractivity contribution in [1.29, 1.82) is 0 Å². The van der Waals surface area contributed by atoms with Crippen molar-refractivity contribution in [3.8, 4) is 11.5 Å². The highest BCUT2D eigenvalue weighted by molar-refractivity contribution is 7.07. The van der Waals surface area contributed by atoms with Gasteiger partial charge in [-0.25, -0.2) is 9.38 Å². The number of allylic oxidation sites excluding steroid dienone is 2. The number of hydrogen-bond acceptors (Lipinski definition) is 5. The van der Waals surface area contributed by atoms with Gasteiger partial charge in [-0.1, -0.05) is 53.8 Å². The molecule has 11 heteroatoms. The van der Waals surface area contributed by atoms with Crippen LogP contribution in [0.3, 0.4) is 0 Å². The monoisotopic (exact) mass is 610 g/mol. The summed E-state index contributed by atoms with van der Waals surface area (Å²) in [5, 5.41) is 0. The van der Waals surface area contributed by atoms with Crippen molar-refractivity contribution in [3.63, 3.8) is 0 Å². The normalized spacial score (nSPS) is 17.7. The predicted octanol–water partition coefficient (Wildman–Crippen LogP) is 6.82. The smallest absolute Gasteiger partial charge is 0.387 e. The van der Waals surface area contributed by atoms with Crippen LogP contribution in [0, 0.1) is 5.82 Å². The van der Waals surface area contributed by atoms with E-state index in [1.165, 1.54) is 36.4 Å². The van der Waals surface area contributed by atoms with Crippen LogP contribution in [-0.2, 0) is 0 Å². The summed E-state index contributed by atoms with van der Waals surface area (Å²) in [6.45, 7) is -5.90. The average molecular weight is 611 g/mol. The van der Waals surface area contributed by atoms with E-state index in [2.05, 4.69) is 9.47 Å². The third-order valence-electron chi connectivity index (χ3n) is 7.19. The molecule has 0 unspecified atom stereocenters. The SMILES string of the molecule is O=c1/c(=C\c2ccccc2F)sc2n1[C@@H](c1ccc(OC(F)F)cc1)C1=C(N=2)/C(=C/c2ccc(OC(F)F)cc2)CCC1. The predicted molar refractivity (Wildman–Crippen MR) is 152 cm³/mol. The molecule has 2 aliphatic rings. The van der Waals surface area contributed by atoms with E-state index in [0.29, 0.717) is 33.4 Å². The fourth-order valence-electron chi connectivity index (χ4n) is 5.37. The van der Waals surface area contributed by atoms with Gasteiger partial charge >= 0.3 is 13.2 Å². The van der Waals surface area contributed by atoms with E-state index in [4.69, 9.17) is 4.99 Å². The summed E-state index contributed by atoms with van der Waals surface area (Å²) in [6, 6.07) is 18.0. The second-order valence-electron chi connectivity index (χ2n) is 9.90. The molecule has 0 amide bonds. The number of hydrogen-bond donors (Lipinski definition) is 0. The highest BCUT2D eigenvalue weighted by atomic mass is 32.1. The number of ether oxygens (including phenoxy) is 2. The lowest BCUT2D eigenvalue weighted by atomic mass is 9.84. The first-order valence-corrected chi connectivity index (χ1v) is 14.2. The van der Waals surface area contributed by atoms with E-state index in [1.54, 1.807) is 47.0 Å². The zero-order valence-corrected chi connectivity index (χ0v) is 23.2. The Morgan fingerprint density at radius 3 is 2.16 bits per heavy atom. The van der Waals surface area contributed by atoms with E-state index in [-0.39, 0.29) is 22.6 Å². The first-order chi connectivity index (χ1) is 20.8. The molecule has 0 fully saturated rings. The first-order valence-electron chi connectivity index (χ1n) is 13.4. The number of alkyl halides is 4. The van der Waals surface area contributed by atoms with Gasteiger partial charge in [-0.05, 0) is 84.0 Å². The molecule has 0 N–H and O–H groups in total. The molecule has 220 valence electrons. The van der Waals surface area contributed by atoms with Crippen LogP contribution in [0.15, 0.2) is 99.4 Å². The van der Waals surface area contributed by atoms with Crippen molar-refractivity contribution < 1.29 is 31.4 Å². The van der Waals surface area contributed by atoms with Gasteiger partial charge in [0.05, 0.1) is 16.3 Å². The molecule has 43 heavy (non-hydrogen) atoms. The molecule has 0 saturated carbocycles. The summed E-state index contributed by atoms with van der Waals surface area (Å²) in [6.07, 6.45) is 5.51. The highest BCUT2D eigenvalue weighted by Gasteiger charge is 2.32. The molecule has 3 aromatic carbocycles. The maximum Gasteiger partial charge on any atom is 0.387 e. The molecule has 6 rings (SSSR count). The third kappa shape index (κ3) is 6.03. The van der Waals surface area contributed by atoms with Crippen LogP contribution in [0.2, 0.25) is 0 Å². The van der Waals surface area contributed by atoms with Crippen molar-refractivity contribution in [2.75, 3.05) is 0 Å². The molecule has 2 heterocycles. The topological polar surface area (TPSA) is 52.8 Å². The summed E-state index contributed by atoms with van der Waals surface area (Å²) in [5.74, 6) is -0.430. The molecule has 0 radical (unpaired) electrons. The Morgan fingerprint density at radius 1 is 0.860 bits per heavy atom. The van der Waals surface area contributed by atoms with Gasteiger partial charge in [-0.3, -0.25) is 9.36 Å². The number of nitrogens with zero attached hydrogens (tertiary/aromatic N) is 2. The number of fused-ring (bicyclic) bond motifs is 1. The van der Waals surface area contributed by atoms with Crippen LogP contribution in [0.4, 0.5) is 22.0 Å². The third-order valence-corrected chi connectivity index (χ3v) is 8.18. The van der Waals surface area contributed by atoms with Gasteiger partial charge in [0.2, 0.25) is 0 Å². The fraction of sp³-hybridized carbons (Fsp3) is 0.188. The number of halogens is 5. The minimum absolute atomic E-state index is 0.0107. The van der Waals surface area contributed by atoms with E-state index < -0.39 is 25.1 Å². The first kappa shape index (κ1) is 28.6. The molecule has 0 saturated heterocycles. The summed E-state index contributed by atoms with van der Waals surface area (Å²) in [4.78, 5) is 19.1. The largest absolute Gasteiger partial charge is 0.435 e. The minimum Gasteiger partial charge on any atom is -0.435 e. The van der Waals surface area contributed by atoms with Crippen molar-refractivity contribution in [2.24, 2.45) is 4.99 Å². The second kappa shape index (κ2) is 12.0. The number of rotatable bonds is 7. The molecule has 1 aliphatic carbocycles. The van der Waals surface area contributed by atoms with E-state index >= 15 is 0 Å². The Morgan fingerprint density at radius 2 is 1.51 bits per heavy atom. The Hall–Kier alpha value is -4.51. The molecule has 1 atom stereocenters. The lowest BCUT2D eigenvalue weighted by Gasteiger charge is -2.31. The lowest BCUT2D eigenvalue weighted by molar-refractivity contribution is -0.0505. The Balaban J connectivity index is 1.50. The van der Waals surface area contributed by atoms with Gasteiger partial charge in [0, 0.05) is 5.56 Å². The van der Waals surface area contributed by atoms with Gasteiger partial charge in [-0.2, -0.15) is 17.6 Å². The fourth-order valence-corrected chi connectivity index (χ4v) is 6.36. The van der Waals surface area contributed by atoms with E-state index in [1.807, 2.05) is 6.08 Å². The zero-order valence-electron chi connectivity index (χ0n) is 22.4. The zero-order chi connectivity index (χ0) is 30.1.